The van der Waals surface area contributed by atoms with E-state index in [1.807, 2.05) is 0 Å². The minimum absolute atomic E-state index is 0.00752. The van der Waals surface area contributed by atoms with Gasteiger partial charge in [-0.15, -0.1) is 0 Å². The molecule has 0 heterocycles. The van der Waals surface area contributed by atoms with Crippen LogP contribution in [0.4, 0.5) is 10.1 Å². The van der Waals surface area contributed by atoms with Gasteiger partial charge in [0.15, 0.2) is 0 Å². The molecule has 0 aliphatic heterocycles. The van der Waals surface area contributed by atoms with Gasteiger partial charge in [0.05, 0.1) is 23.3 Å². The Kier molecular flexibility index (Phi) is 4.68. The third kappa shape index (κ3) is 3.55. The van der Waals surface area contributed by atoms with Crippen LogP contribution in [0.15, 0.2) is 47.4 Å². The maximum Gasteiger partial charge on any atom is 0.339 e. The summed E-state index contributed by atoms with van der Waals surface area (Å²) in [6.45, 7) is 0. The molecule has 2 rings (SSSR count). The summed E-state index contributed by atoms with van der Waals surface area (Å²) in [5.74, 6) is -1.42. The van der Waals surface area contributed by atoms with E-state index in [2.05, 4.69) is 9.46 Å². The van der Waals surface area contributed by atoms with E-state index in [-0.39, 0.29) is 21.2 Å². The predicted molar refractivity (Wildman–Crippen MR) is 80.0 cm³/mol. The van der Waals surface area contributed by atoms with E-state index in [1.165, 1.54) is 37.4 Å². The van der Waals surface area contributed by atoms with Gasteiger partial charge in [0, 0.05) is 5.02 Å². The Morgan fingerprint density at radius 2 is 1.95 bits per heavy atom. The number of carbonyl (C=O) groups excluding carboxylic acids is 1. The molecular weight excluding hydrogens is 333 g/mol. The van der Waals surface area contributed by atoms with Gasteiger partial charge in [-0.05, 0) is 36.4 Å². The highest BCUT2D eigenvalue weighted by molar-refractivity contribution is 7.92. The lowest BCUT2D eigenvalue weighted by molar-refractivity contribution is 0.0602. The Bertz CT molecular complexity index is 823. The second kappa shape index (κ2) is 6.33. The molecule has 0 aromatic heterocycles. The first-order chi connectivity index (χ1) is 10.3. The summed E-state index contributed by atoms with van der Waals surface area (Å²) >= 11 is 5.82. The fourth-order valence-corrected chi connectivity index (χ4v) is 3.00. The van der Waals surface area contributed by atoms with E-state index in [0.717, 1.165) is 12.1 Å². The maximum absolute atomic E-state index is 13.2. The molecule has 2 aromatic carbocycles. The number of methoxy groups -OCH3 is 1. The number of carbonyl (C=O) groups is 1. The number of hydrogen-bond donors (Lipinski definition) is 1. The summed E-state index contributed by atoms with van der Waals surface area (Å²) in [5.41, 5.74) is -0.0597. The molecule has 1 N–H and O–H groups in total. The standard InChI is InChI=1S/C14H11ClFNO4S/c1-21-14(18)12-6-5-9(15)7-13(12)17-22(19,20)11-4-2-3-10(16)8-11/h2-8,17H,1H3. The van der Waals surface area contributed by atoms with Gasteiger partial charge in [0.2, 0.25) is 0 Å². The fourth-order valence-electron chi connectivity index (χ4n) is 1.73. The number of esters is 1. The number of hydrogen-bond acceptors (Lipinski definition) is 4. The van der Waals surface area contributed by atoms with Crippen molar-refractivity contribution in [2.24, 2.45) is 0 Å². The molecule has 0 aliphatic rings. The first-order valence-electron chi connectivity index (χ1n) is 6.00. The molecule has 0 saturated carbocycles. The van der Waals surface area contributed by atoms with Crippen LogP contribution in [-0.4, -0.2) is 21.5 Å². The second-order valence-electron chi connectivity index (χ2n) is 4.24. The largest absolute Gasteiger partial charge is 0.465 e. The molecule has 0 spiro atoms. The highest BCUT2D eigenvalue weighted by Gasteiger charge is 2.20. The summed E-state index contributed by atoms with van der Waals surface area (Å²) in [6.07, 6.45) is 0. The van der Waals surface area contributed by atoms with Crippen LogP contribution < -0.4 is 4.72 Å². The van der Waals surface area contributed by atoms with Crippen LogP contribution in [0.5, 0.6) is 0 Å². The van der Waals surface area contributed by atoms with E-state index >= 15 is 0 Å². The highest BCUT2D eigenvalue weighted by atomic mass is 35.5. The molecule has 0 aliphatic carbocycles. The Hall–Kier alpha value is -2.12. The van der Waals surface area contributed by atoms with Gasteiger partial charge in [-0.25, -0.2) is 17.6 Å². The van der Waals surface area contributed by atoms with Crippen molar-refractivity contribution >= 4 is 33.3 Å². The first kappa shape index (κ1) is 16.3. The zero-order valence-electron chi connectivity index (χ0n) is 11.3. The molecule has 0 radical (unpaired) electrons. The van der Waals surface area contributed by atoms with Crippen LogP contribution in [0.3, 0.4) is 0 Å². The molecule has 0 atom stereocenters. The summed E-state index contributed by atoms with van der Waals surface area (Å²) in [7, 11) is -2.90. The Labute approximate surface area is 131 Å². The summed E-state index contributed by atoms with van der Waals surface area (Å²) in [5, 5.41) is 0.226. The second-order valence-corrected chi connectivity index (χ2v) is 6.36. The van der Waals surface area contributed by atoms with Gasteiger partial charge in [0.25, 0.3) is 10.0 Å². The van der Waals surface area contributed by atoms with Crippen LogP contribution >= 0.6 is 11.6 Å². The third-order valence-corrected chi connectivity index (χ3v) is 4.34. The normalized spacial score (nSPS) is 11.0. The quantitative estimate of drug-likeness (QED) is 0.866. The highest BCUT2D eigenvalue weighted by Crippen LogP contribution is 2.25. The van der Waals surface area contributed by atoms with Crippen molar-refractivity contribution < 1.29 is 22.3 Å². The van der Waals surface area contributed by atoms with Gasteiger partial charge in [-0.2, -0.15) is 0 Å². The topological polar surface area (TPSA) is 72.5 Å². The fraction of sp³-hybridized carbons (Fsp3) is 0.0714. The van der Waals surface area contributed by atoms with Crippen molar-refractivity contribution in [3.63, 3.8) is 0 Å². The van der Waals surface area contributed by atoms with E-state index in [9.17, 15) is 17.6 Å². The van der Waals surface area contributed by atoms with Gasteiger partial charge in [0.1, 0.15) is 5.82 Å². The molecule has 0 amide bonds. The number of rotatable bonds is 4. The van der Waals surface area contributed by atoms with Crippen molar-refractivity contribution in [1.82, 2.24) is 0 Å². The Morgan fingerprint density at radius 1 is 1.23 bits per heavy atom. The van der Waals surface area contributed by atoms with Gasteiger partial charge < -0.3 is 4.74 Å². The minimum Gasteiger partial charge on any atom is -0.465 e. The van der Waals surface area contributed by atoms with Crippen LogP contribution in [0.2, 0.25) is 5.02 Å². The molecule has 116 valence electrons. The SMILES string of the molecule is COC(=O)c1ccc(Cl)cc1NS(=O)(=O)c1cccc(F)c1. The van der Waals surface area contributed by atoms with Crippen LogP contribution in [0.1, 0.15) is 10.4 Å². The van der Waals surface area contributed by atoms with Crippen molar-refractivity contribution in [3.05, 3.63) is 58.9 Å². The number of anilines is 1. The average molecular weight is 344 g/mol. The van der Waals surface area contributed by atoms with Crippen LogP contribution in [0.25, 0.3) is 0 Å². The summed E-state index contributed by atoms with van der Waals surface area (Å²) in [4.78, 5) is 11.4. The number of nitrogens with one attached hydrogen (secondary N) is 1. The van der Waals surface area contributed by atoms with Gasteiger partial charge in [-0.3, -0.25) is 4.72 Å². The average Bonchev–Trinajstić information content (AvgIpc) is 2.46. The van der Waals surface area contributed by atoms with E-state index in [0.29, 0.717) is 0 Å². The number of sulfonamides is 1. The molecule has 22 heavy (non-hydrogen) atoms. The molecule has 0 fully saturated rings. The zero-order valence-corrected chi connectivity index (χ0v) is 12.9. The predicted octanol–water partition coefficient (Wildman–Crippen LogP) is 3.07. The summed E-state index contributed by atoms with van der Waals surface area (Å²) < 4.78 is 44.5. The Morgan fingerprint density at radius 3 is 2.59 bits per heavy atom. The van der Waals surface area contributed by atoms with Gasteiger partial charge >= 0.3 is 5.97 Å². The number of halogens is 2. The number of ether oxygens (including phenoxy) is 1. The molecule has 5 nitrogen and oxygen atoms in total. The smallest absolute Gasteiger partial charge is 0.339 e. The molecule has 2 aromatic rings. The van der Waals surface area contributed by atoms with Crippen molar-refractivity contribution in [2.45, 2.75) is 4.90 Å². The lowest BCUT2D eigenvalue weighted by Crippen LogP contribution is -2.16. The molecular formula is C14H11ClFNO4S. The van der Waals surface area contributed by atoms with E-state index in [4.69, 9.17) is 11.6 Å². The molecule has 0 bridgehead atoms. The Balaban J connectivity index is 2.45. The number of benzene rings is 2. The lowest BCUT2D eigenvalue weighted by atomic mass is 10.2. The van der Waals surface area contributed by atoms with Crippen molar-refractivity contribution in [2.75, 3.05) is 11.8 Å². The van der Waals surface area contributed by atoms with Gasteiger partial charge in [-0.1, -0.05) is 17.7 Å². The van der Waals surface area contributed by atoms with Crippen LogP contribution in [-0.2, 0) is 14.8 Å². The minimum atomic E-state index is -4.07. The van der Waals surface area contributed by atoms with E-state index < -0.39 is 21.8 Å². The van der Waals surface area contributed by atoms with Crippen molar-refractivity contribution in [1.29, 1.82) is 0 Å². The summed E-state index contributed by atoms with van der Waals surface area (Å²) in [6, 6.07) is 8.51. The van der Waals surface area contributed by atoms with Crippen molar-refractivity contribution in [3.8, 4) is 0 Å². The molecule has 0 saturated heterocycles. The molecule has 8 heteroatoms. The lowest BCUT2D eigenvalue weighted by Gasteiger charge is -2.12. The maximum atomic E-state index is 13.2. The monoisotopic (exact) mass is 343 g/mol. The molecule has 0 unspecified atom stereocenters. The van der Waals surface area contributed by atoms with E-state index in [1.54, 1.807) is 0 Å². The van der Waals surface area contributed by atoms with Crippen LogP contribution in [0, 0.1) is 5.82 Å². The zero-order chi connectivity index (χ0) is 16.3. The third-order valence-electron chi connectivity index (χ3n) is 2.74. The first-order valence-corrected chi connectivity index (χ1v) is 7.86.